The van der Waals surface area contributed by atoms with E-state index in [1.165, 1.54) is 0 Å². The van der Waals surface area contributed by atoms with Gasteiger partial charge in [-0.25, -0.2) is 0 Å². The first kappa shape index (κ1) is 8.49. The molecule has 0 heterocycles. The van der Waals surface area contributed by atoms with Gasteiger partial charge in [-0.05, 0) is 19.3 Å². The Morgan fingerprint density at radius 2 is 1.64 bits per heavy atom. The minimum absolute atomic E-state index is 0.0279. The first-order valence-corrected chi connectivity index (χ1v) is 3.83. The van der Waals surface area contributed by atoms with Crippen LogP contribution < -0.4 is 11.5 Å². The fourth-order valence-corrected chi connectivity index (χ4v) is 1.61. The molecule has 1 unspecified atom stereocenters. The molecule has 0 aliphatic heterocycles. The smallest absolute Gasteiger partial charge is 0.306 e. The number of carboxylic acid groups (broad SMARTS) is 1. The number of carboxylic acids is 1. The van der Waals surface area contributed by atoms with Crippen molar-refractivity contribution in [3.63, 3.8) is 0 Å². The molecule has 0 aromatic heterocycles. The molecule has 0 saturated heterocycles. The SMILES string of the molecule is N[C@@H]1CC(C(=O)O)C[C@H](N)C1. The normalized spacial score (nSPS) is 38.5. The zero-order valence-corrected chi connectivity index (χ0v) is 6.36. The van der Waals surface area contributed by atoms with E-state index in [2.05, 4.69) is 0 Å². The van der Waals surface area contributed by atoms with Gasteiger partial charge in [-0.3, -0.25) is 4.79 Å². The second-order valence-corrected chi connectivity index (χ2v) is 3.26. The highest BCUT2D eigenvalue weighted by atomic mass is 16.4. The van der Waals surface area contributed by atoms with Crippen molar-refractivity contribution in [2.24, 2.45) is 17.4 Å². The van der Waals surface area contributed by atoms with E-state index in [1.807, 2.05) is 0 Å². The lowest BCUT2D eigenvalue weighted by Crippen LogP contribution is -2.41. The lowest BCUT2D eigenvalue weighted by molar-refractivity contribution is -0.143. The Labute approximate surface area is 65.6 Å². The fourth-order valence-electron chi connectivity index (χ4n) is 1.61. The summed E-state index contributed by atoms with van der Waals surface area (Å²) in [5.41, 5.74) is 11.2. The van der Waals surface area contributed by atoms with Gasteiger partial charge < -0.3 is 16.6 Å². The third kappa shape index (κ3) is 2.17. The van der Waals surface area contributed by atoms with Crippen molar-refractivity contribution < 1.29 is 9.90 Å². The van der Waals surface area contributed by atoms with Gasteiger partial charge in [-0.1, -0.05) is 0 Å². The first-order chi connectivity index (χ1) is 5.09. The van der Waals surface area contributed by atoms with E-state index in [-0.39, 0.29) is 18.0 Å². The van der Waals surface area contributed by atoms with Crippen LogP contribution >= 0.6 is 0 Å². The van der Waals surface area contributed by atoms with Gasteiger partial charge in [0, 0.05) is 12.1 Å². The summed E-state index contributed by atoms with van der Waals surface area (Å²) in [6.07, 6.45) is 1.90. The van der Waals surface area contributed by atoms with Crippen LogP contribution in [0.4, 0.5) is 0 Å². The summed E-state index contributed by atoms with van der Waals surface area (Å²) >= 11 is 0. The average molecular weight is 158 g/mol. The van der Waals surface area contributed by atoms with E-state index in [4.69, 9.17) is 16.6 Å². The minimum atomic E-state index is -0.768. The second kappa shape index (κ2) is 3.19. The van der Waals surface area contributed by atoms with Gasteiger partial charge in [0.05, 0.1) is 5.92 Å². The maximum absolute atomic E-state index is 10.5. The third-order valence-electron chi connectivity index (χ3n) is 2.13. The molecule has 1 aliphatic rings. The Morgan fingerprint density at radius 3 is 2.00 bits per heavy atom. The molecule has 0 aromatic rings. The van der Waals surface area contributed by atoms with E-state index < -0.39 is 5.97 Å². The summed E-state index contributed by atoms with van der Waals surface area (Å²) in [7, 11) is 0. The van der Waals surface area contributed by atoms with Gasteiger partial charge in [0.25, 0.3) is 0 Å². The van der Waals surface area contributed by atoms with Crippen molar-refractivity contribution in [2.45, 2.75) is 31.3 Å². The van der Waals surface area contributed by atoms with Crippen molar-refractivity contribution in [1.82, 2.24) is 0 Å². The molecule has 4 nitrogen and oxygen atoms in total. The van der Waals surface area contributed by atoms with Crippen LogP contribution in [0.1, 0.15) is 19.3 Å². The highest BCUT2D eigenvalue weighted by Gasteiger charge is 2.28. The summed E-state index contributed by atoms with van der Waals surface area (Å²) in [5, 5.41) is 8.66. The Bertz CT molecular complexity index is 151. The second-order valence-electron chi connectivity index (χ2n) is 3.26. The van der Waals surface area contributed by atoms with E-state index in [9.17, 15) is 4.79 Å². The van der Waals surface area contributed by atoms with Crippen molar-refractivity contribution in [2.75, 3.05) is 0 Å². The van der Waals surface area contributed by atoms with Crippen LogP contribution in [0.25, 0.3) is 0 Å². The quantitative estimate of drug-likeness (QED) is 0.481. The van der Waals surface area contributed by atoms with Gasteiger partial charge in [-0.15, -0.1) is 0 Å². The zero-order chi connectivity index (χ0) is 8.43. The number of carbonyl (C=O) groups is 1. The van der Waals surface area contributed by atoms with E-state index >= 15 is 0 Å². The van der Waals surface area contributed by atoms with Crippen LogP contribution in [0.5, 0.6) is 0 Å². The Morgan fingerprint density at radius 1 is 1.18 bits per heavy atom. The molecule has 0 spiro atoms. The first-order valence-electron chi connectivity index (χ1n) is 3.83. The third-order valence-corrected chi connectivity index (χ3v) is 2.13. The van der Waals surface area contributed by atoms with Gasteiger partial charge >= 0.3 is 5.97 Å². The number of hydrogen-bond acceptors (Lipinski definition) is 3. The van der Waals surface area contributed by atoms with Crippen LogP contribution in [0.3, 0.4) is 0 Å². The number of hydrogen-bond donors (Lipinski definition) is 3. The van der Waals surface area contributed by atoms with Crippen LogP contribution in [-0.2, 0) is 4.79 Å². The number of rotatable bonds is 1. The molecule has 1 saturated carbocycles. The standard InChI is InChI=1S/C7H14N2O2/c8-5-1-4(7(10)11)2-6(9)3-5/h4-6H,1-3,8-9H2,(H,10,11)/t4?,5-,6+. The van der Waals surface area contributed by atoms with E-state index in [0.29, 0.717) is 12.8 Å². The molecule has 0 aromatic carbocycles. The highest BCUT2D eigenvalue weighted by Crippen LogP contribution is 2.22. The molecule has 0 radical (unpaired) electrons. The molecule has 64 valence electrons. The summed E-state index contributed by atoms with van der Waals surface area (Å²) < 4.78 is 0. The predicted molar refractivity (Wildman–Crippen MR) is 40.9 cm³/mol. The van der Waals surface area contributed by atoms with Crippen molar-refractivity contribution >= 4 is 5.97 Å². The topological polar surface area (TPSA) is 89.3 Å². The molecule has 1 rings (SSSR count). The van der Waals surface area contributed by atoms with Gasteiger partial charge in [0.2, 0.25) is 0 Å². The average Bonchev–Trinajstić information content (AvgIpc) is 1.85. The summed E-state index contributed by atoms with van der Waals surface area (Å²) in [6.45, 7) is 0. The van der Waals surface area contributed by atoms with Crippen LogP contribution in [0.2, 0.25) is 0 Å². The molecular weight excluding hydrogens is 144 g/mol. The van der Waals surface area contributed by atoms with Crippen molar-refractivity contribution in [1.29, 1.82) is 0 Å². The minimum Gasteiger partial charge on any atom is -0.481 e. The zero-order valence-electron chi connectivity index (χ0n) is 6.36. The molecule has 11 heavy (non-hydrogen) atoms. The molecule has 1 aliphatic carbocycles. The van der Waals surface area contributed by atoms with Gasteiger partial charge in [0.1, 0.15) is 0 Å². The summed E-state index contributed by atoms with van der Waals surface area (Å²) in [5.74, 6) is -1.09. The van der Waals surface area contributed by atoms with Crippen LogP contribution in [-0.4, -0.2) is 23.2 Å². The Hall–Kier alpha value is -0.610. The lowest BCUT2D eigenvalue weighted by Gasteiger charge is -2.28. The van der Waals surface area contributed by atoms with E-state index in [0.717, 1.165) is 6.42 Å². The molecule has 3 atom stereocenters. The van der Waals surface area contributed by atoms with Gasteiger partial charge in [0.15, 0.2) is 0 Å². The molecule has 4 heteroatoms. The highest BCUT2D eigenvalue weighted by molar-refractivity contribution is 5.70. The van der Waals surface area contributed by atoms with Gasteiger partial charge in [-0.2, -0.15) is 0 Å². The fraction of sp³-hybridized carbons (Fsp3) is 0.857. The molecule has 1 fully saturated rings. The molecule has 0 amide bonds. The van der Waals surface area contributed by atoms with E-state index in [1.54, 1.807) is 0 Å². The predicted octanol–water partition coefficient (Wildman–Crippen LogP) is -0.474. The monoisotopic (exact) mass is 158 g/mol. The largest absolute Gasteiger partial charge is 0.481 e. The Balaban J connectivity index is 2.49. The van der Waals surface area contributed by atoms with Crippen LogP contribution in [0, 0.1) is 5.92 Å². The lowest BCUT2D eigenvalue weighted by atomic mass is 9.83. The number of nitrogens with two attached hydrogens (primary N) is 2. The molecule has 5 N–H and O–H groups in total. The Kier molecular flexibility index (Phi) is 2.46. The summed E-state index contributed by atoms with van der Waals surface area (Å²) in [4.78, 5) is 10.5. The maximum Gasteiger partial charge on any atom is 0.306 e. The molecular formula is C7H14N2O2. The maximum atomic E-state index is 10.5. The van der Waals surface area contributed by atoms with Crippen molar-refractivity contribution in [3.8, 4) is 0 Å². The van der Waals surface area contributed by atoms with Crippen molar-refractivity contribution in [3.05, 3.63) is 0 Å². The van der Waals surface area contributed by atoms with Crippen LogP contribution in [0.15, 0.2) is 0 Å². The molecule has 0 bridgehead atoms. The summed E-state index contributed by atoms with van der Waals surface area (Å²) in [6, 6.07) is -0.0558. The number of aliphatic carboxylic acids is 1.